The van der Waals surface area contributed by atoms with Gasteiger partial charge in [0.2, 0.25) is 5.91 Å². The van der Waals surface area contributed by atoms with Crippen LogP contribution in [0.25, 0.3) is 0 Å². The minimum absolute atomic E-state index is 0.102. The van der Waals surface area contributed by atoms with E-state index in [0.29, 0.717) is 25.6 Å². The quantitative estimate of drug-likeness (QED) is 0.471. The van der Waals surface area contributed by atoms with E-state index in [1.807, 2.05) is 56.8 Å². The number of ether oxygens (including phenoxy) is 1. The molecule has 0 bridgehead atoms. The lowest BCUT2D eigenvalue weighted by Gasteiger charge is -2.12. The predicted octanol–water partition coefficient (Wildman–Crippen LogP) is 1.42. The number of rotatable bonds is 8. The fourth-order valence-electron chi connectivity index (χ4n) is 2.72. The van der Waals surface area contributed by atoms with Crippen molar-refractivity contribution in [3.63, 3.8) is 0 Å². The maximum atomic E-state index is 12.1. The Bertz CT molecular complexity index is 811. The number of carbonyl (C=O) groups is 1. The molecule has 1 aromatic heterocycles. The summed E-state index contributed by atoms with van der Waals surface area (Å²) in [5.74, 6) is 1.29. The second kappa shape index (κ2) is 10.3. The Labute approximate surface area is 166 Å². The maximum Gasteiger partial charge on any atom is 0.239 e. The highest BCUT2D eigenvalue weighted by atomic mass is 16.5. The molecule has 8 heteroatoms. The minimum Gasteiger partial charge on any atom is -0.497 e. The molecular formula is C20H30N6O2. The smallest absolute Gasteiger partial charge is 0.239 e. The zero-order valence-electron chi connectivity index (χ0n) is 17.3. The van der Waals surface area contributed by atoms with E-state index in [-0.39, 0.29) is 12.5 Å². The van der Waals surface area contributed by atoms with E-state index < -0.39 is 0 Å². The van der Waals surface area contributed by atoms with E-state index in [4.69, 9.17) is 4.74 Å². The number of nitrogens with zero attached hydrogens (tertiary/aromatic N) is 3. The molecule has 1 aromatic carbocycles. The molecule has 8 nitrogen and oxygen atoms in total. The van der Waals surface area contributed by atoms with E-state index in [1.54, 1.807) is 7.11 Å². The average molecular weight is 387 g/mol. The highest BCUT2D eigenvalue weighted by molar-refractivity contribution is 5.86. The summed E-state index contributed by atoms with van der Waals surface area (Å²) in [6.45, 7) is 7.82. The molecule has 0 aliphatic heterocycles. The van der Waals surface area contributed by atoms with Gasteiger partial charge in [-0.2, -0.15) is 5.10 Å². The van der Waals surface area contributed by atoms with Crippen LogP contribution in [0.5, 0.6) is 5.75 Å². The van der Waals surface area contributed by atoms with Crippen LogP contribution < -0.4 is 20.7 Å². The Kier molecular flexibility index (Phi) is 7.86. The van der Waals surface area contributed by atoms with Gasteiger partial charge in [0.05, 0.1) is 25.9 Å². The number of hydrogen-bond donors (Lipinski definition) is 3. The molecule has 0 fully saturated rings. The topological polar surface area (TPSA) is 92.6 Å². The molecule has 0 spiro atoms. The van der Waals surface area contributed by atoms with Gasteiger partial charge in [0.15, 0.2) is 5.96 Å². The Morgan fingerprint density at radius 1 is 1.18 bits per heavy atom. The molecule has 0 aliphatic carbocycles. The Balaban J connectivity index is 1.86. The summed E-state index contributed by atoms with van der Waals surface area (Å²) in [6.07, 6.45) is 0. The summed E-state index contributed by atoms with van der Waals surface area (Å²) in [5.41, 5.74) is 4.17. The van der Waals surface area contributed by atoms with Crippen molar-refractivity contribution in [2.24, 2.45) is 12.0 Å². The maximum absolute atomic E-state index is 12.1. The number of aryl methyl sites for hydroxylation is 2. The fraction of sp³-hybridized carbons (Fsp3) is 0.450. The SMILES string of the molecule is CCNC(=NCc1c(C)nn(C)c1C)NCC(=O)NCc1ccc(OC)cc1. The van der Waals surface area contributed by atoms with Gasteiger partial charge in [-0.3, -0.25) is 9.48 Å². The molecule has 1 amide bonds. The summed E-state index contributed by atoms with van der Waals surface area (Å²) in [4.78, 5) is 16.7. The summed E-state index contributed by atoms with van der Waals surface area (Å²) in [7, 11) is 3.55. The van der Waals surface area contributed by atoms with E-state index in [2.05, 4.69) is 26.0 Å². The number of nitrogens with one attached hydrogen (secondary N) is 3. The molecule has 2 rings (SSSR count). The van der Waals surface area contributed by atoms with Crippen LogP contribution in [0.2, 0.25) is 0 Å². The third kappa shape index (κ3) is 6.00. The lowest BCUT2D eigenvalue weighted by atomic mass is 10.2. The zero-order chi connectivity index (χ0) is 20.5. The normalized spacial score (nSPS) is 11.2. The molecule has 0 saturated heterocycles. The number of benzene rings is 1. The van der Waals surface area contributed by atoms with Crippen molar-refractivity contribution in [3.05, 3.63) is 46.8 Å². The first-order valence-corrected chi connectivity index (χ1v) is 9.35. The molecule has 0 unspecified atom stereocenters. The molecule has 2 aromatic rings. The summed E-state index contributed by atoms with van der Waals surface area (Å²) >= 11 is 0. The van der Waals surface area contributed by atoms with Crippen LogP contribution in [0.1, 0.15) is 29.4 Å². The van der Waals surface area contributed by atoms with Gasteiger partial charge >= 0.3 is 0 Å². The van der Waals surface area contributed by atoms with Gasteiger partial charge in [-0.1, -0.05) is 12.1 Å². The van der Waals surface area contributed by atoms with E-state index in [1.165, 1.54) is 0 Å². The van der Waals surface area contributed by atoms with Crippen LogP contribution >= 0.6 is 0 Å². The van der Waals surface area contributed by atoms with Crippen molar-refractivity contribution in [1.29, 1.82) is 0 Å². The molecular weight excluding hydrogens is 356 g/mol. The van der Waals surface area contributed by atoms with Crippen LogP contribution in [-0.2, 0) is 24.9 Å². The third-order valence-electron chi connectivity index (χ3n) is 4.46. The zero-order valence-corrected chi connectivity index (χ0v) is 17.3. The third-order valence-corrected chi connectivity index (χ3v) is 4.46. The lowest BCUT2D eigenvalue weighted by Crippen LogP contribution is -2.43. The first-order valence-electron chi connectivity index (χ1n) is 9.35. The van der Waals surface area contributed by atoms with Crippen LogP contribution in [0.15, 0.2) is 29.3 Å². The molecule has 152 valence electrons. The second-order valence-electron chi connectivity index (χ2n) is 6.45. The average Bonchev–Trinajstić information content (AvgIpc) is 2.94. The summed E-state index contributed by atoms with van der Waals surface area (Å²) in [5, 5.41) is 13.5. The minimum atomic E-state index is -0.102. The van der Waals surface area contributed by atoms with Gasteiger partial charge in [-0.25, -0.2) is 4.99 Å². The number of amides is 1. The predicted molar refractivity (Wildman–Crippen MR) is 110 cm³/mol. The lowest BCUT2D eigenvalue weighted by molar-refractivity contribution is -0.120. The van der Waals surface area contributed by atoms with Crippen molar-refractivity contribution in [3.8, 4) is 5.75 Å². The number of hydrogen-bond acceptors (Lipinski definition) is 4. The van der Waals surface area contributed by atoms with E-state index in [0.717, 1.165) is 28.3 Å². The Morgan fingerprint density at radius 2 is 1.89 bits per heavy atom. The Hall–Kier alpha value is -3.03. The first-order chi connectivity index (χ1) is 13.4. The summed E-state index contributed by atoms with van der Waals surface area (Å²) in [6, 6.07) is 7.60. The fourth-order valence-corrected chi connectivity index (χ4v) is 2.72. The van der Waals surface area contributed by atoms with Crippen LogP contribution in [0, 0.1) is 13.8 Å². The van der Waals surface area contributed by atoms with Crippen LogP contribution in [0.4, 0.5) is 0 Å². The van der Waals surface area contributed by atoms with Gasteiger partial charge in [0.25, 0.3) is 0 Å². The molecule has 3 N–H and O–H groups in total. The van der Waals surface area contributed by atoms with Crippen molar-refractivity contribution in [2.45, 2.75) is 33.9 Å². The molecule has 0 aliphatic rings. The number of guanidine groups is 1. The molecule has 0 radical (unpaired) electrons. The standard InChI is InChI=1S/C20H30N6O2/c1-6-21-20(23-12-18-14(2)25-26(4)15(18)3)24-13-19(27)22-11-16-7-9-17(28-5)10-8-16/h7-10H,6,11-13H2,1-5H3,(H,22,27)(H2,21,23,24). The number of carbonyl (C=O) groups excluding carboxylic acids is 1. The van der Waals surface area contributed by atoms with Gasteiger partial charge in [-0.15, -0.1) is 0 Å². The van der Waals surface area contributed by atoms with Crippen molar-refractivity contribution < 1.29 is 9.53 Å². The van der Waals surface area contributed by atoms with E-state index >= 15 is 0 Å². The largest absolute Gasteiger partial charge is 0.497 e. The molecule has 0 atom stereocenters. The van der Waals surface area contributed by atoms with Crippen molar-refractivity contribution in [2.75, 3.05) is 20.2 Å². The molecule has 0 saturated carbocycles. The van der Waals surface area contributed by atoms with Gasteiger partial charge in [-0.05, 0) is 38.5 Å². The number of aromatic nitrogens is 2. The first kappa shape index (κ1) is 21.3. The highest BCUT2D eigenvalue weighted by Gasteiger charge is 2.09. The molecule has 28 heavy (non-hydrogen) atoms. The van der Waals surface area contributed by atoms with Crippen molar-refractivity contribution >= 4 is 11.9 Å². The highest BCUT2D eigenvalue weighted by Crippen LogP contribution is 2.13. The van der Waals surface area contributed by atoms with Crippen LogP contribution in [-0.4, -0.2) is 41.8 Å². The van der Waals surface area contributed by atoms with Gasteiger partial charge in [0.1, 0.15) is 5.75 Å². The van der Waals surface area contributed by atoms with E-state index in [9.17, 15) is 4.79 Å². The van der Waals surface area contributed by atoms with Crippen molar-refractivity contribution in [1.82, 2.24) is 25.7 Å². The number of aliphatic imine (C=N–C) groups is 1. The summed E-state index contributed by atoms with van der Waals surface area (Å²) < 4.78 is 6.99. The number of methoxy groups -OCH3 is 1. The van der Waals surface area contributed by atoms with Crippen LogP contribution in [0.3, 0.4) is 0 Å². The van der Waals surface area contributed by atoms with Gasteiger partial charge < -0.3 is 20.7 Å². The van der Waals surface area contributed by atoms with Gasteiger partial charge in [0, 0.05) is 31.4 Å². The Morgan fingerprint density at radius 3 is 2.46 bits per heavy atom. The monoisotopic (exact) mass is 386 g/mol. The molecule has 1 heterocycles. The second-order valence-corrected chi connectivity index (χ2v) is 6.45.